The van der Waals surface area contributed by atoms with Gasteiger partial charge in [-0.2, -0.15) is 0 Å². The van der Waals surface area contributed by atoms with Crippen LogP contribution in [0.3, 0.4) is 0 Å². The Bertz CT molecular complexity index is 942. The second kappa shape index (κ2) is 9.15. The number of aliphatic hydroxyl groups is 1. The molecule has 0 bridgehead atoms. The number of piperidine rings is 1. The topological polar surface area (TPSA) is 59.0 Å². The van der Waals surface area contributed by atoms with Crippen molar-refractivity contribution >= 4 is 12.0 Å². The zero-order valence-corrected chi connectivity index (χ0v) is 18.3. The first-order chi connectivity index (χ1) is 15.1. The van der Waals surface area contributed by atoms with E-state index in [4.69, 9.17) is 9.47 Å². The number of carbonyl (C=O) groups excluding carboxylic acids is 1. The molecule has 1 heterocycles. The van der Waals surface area contributed by atoms with Crippen LogP contribution in [0.4, 0.5) is 0 Å². The molecule has 2 aromatic rings. The van der Waals surface area contributed by atoms with Crippen LogP contribution in [0.1, 0.15) is 49.3 Å². The minimum absolute atomic E-state index is 0.0219. The first kappa shape index (κ1) is 21.4. The summed E-state index contributed by atoms with van der Waals surface area (Å²) in [5.41, 5.74) is 1.17. The number of nitrogens with zero attached hydrogens (tertiary/aromatic N) is 1. The second-order valence-electron chi connectivity index (χ2n) is 8.53. The predicted octanol–water partition coefficient (Wildman–Crippen LogP) is 4.61. The number of ether oxygens (including phenoxy) is 2. The Morgan fingerprint density at radius 2 is 1.90 bits per heavy atom. The molecule has 2 unspecified atom stereocenters. The van der Waals surface area contributed by atoms with Crippen molar-refractivity contribution in [3.63, 3.8) is 0 Å². The molecule has 3 atom stereocenters. The highest BCUT2D eigenvalue weighted by molar-refractivity contribution is 5.92. The van der Waals surface area contributed by atoms with Crippen molar-refractivity contribution in [2.45, 2.75) is 43.7 Å². The molecule has 1 N–H and O–H groups in total. The number of hydrogen-bond donors (Lipinski definition) is 1. The fraction of sp³-hybridized carbons (Fsp3) is 0.423. The summed E-state index contributed by atoms with van der Waals surface area (Å²) >= 11 is 0. The molecule has 164 valence electrons. The van der Waals surface area contributed by atoms with E-state index in [1.54, 1.807) is 20.3 Å². The maximum Gasteiger partial charge on any atom is 0.247 e. The lowest BCUT2D eigenvalue weighted by molar-refractivity contribution is -0.151. The molecular formula is C26H31NO4. The zero-order valence-electron chi connectivity index (χ0n) is 18.3. The summed E-state index contributed by atoms with van der Waals surface area (Å²) < 4.78 is 11.1. The highest BCUT2D eigenvalue weighted by atomic mass is 16.5. The van der Waals surface area contributed by atoms with Crippen LogP contribution in [0.25, 0.3) is 6.08 Å². The van der Waals surface area contributed by atoms with E-state index < -0.39 is 5.60 Å². The fourth-order valence-electron chi connectivity index (χ4n) is 5.20. The number of methoxy groups -OCH3 is 2. The van der Waals surface area contributed by atoms with E-state index in [1.807, 2.05) is 59.5 Å². The van der Waals surface area contributed by atoms with Gasteiger partial charge in [-0.15, -0.1) is 0 Å². The number of hydrogen-bond acceptors (Lipinski definition) is 4. The summed E-state index contributed by atoms with van der Waals surface area (Å²) in [5, 5.41) is 11.5. The minimum Gasteiger partial charge on any atom is -0.497 e. The molecule has 1 saturated heterocycles. The average molecular weight is 422 g/mol. The Balaban J connectivity index is 1.72. The van der Waals surface area contributed by atoms with Crippen LogP contribution in [0, 0.1) is 5.92 Å². The maximum absolute atomic E-state index is 13.3. The van der Waals surface area contributed by atoms with Crippen LogP contribution < -0.4 is 9.47 Å². The van der Waals surface area contributed by atoms with E-state index in [-0.39, 0.29) is 17.9 Å². The molecule has 1 amide bonds. The van der Waals surface area contributed by atoms with Crippen LogP contribution in [0.15, 0.2) is 54.6 Å². The van der Waals surface area contributed by atoms with E-state index in [9.17, 15) is 9.90 Å². The molecule has 2 fully saturated rings. The number of benzene rings is 2. The van der Waals surface area contributed by atoms with Gasteiger partial charge in [0, 0.05) is 30.2 Å². The number of fused-ring (bicyclic) bond motifs is 1. The van der Waals surface area contributed by atoms with Gasteiger partial charge in [-0.25, -0.2) is 0 Å². The Kier molecular flexibility index (Phi) is 6.33. The van der Waals surface area contributed by atoms with E-state index in [2.05, 4.69) is 0 Å². The van der Waals surface area contributed by atoms with Crippen LogP contribution >= 0.6 is 0 Å². The third-order valence-corrected chi connectivity index (χ3v) is 6.83. The van der Waals surface area contributed by atoms with E-state index in [1.165, 1.54) is 0 Å². The molecule has 2 aliphatic rings. The average Bonchev–Trinajstić information content (AvgIpc) is 2.81. The summed E-state index contributed by atoms with van der Waals surface area (Å²) in [7, 11) is 3.26. The van der Waals surface area contributed by atoms with Crippen LogP contribution in [-0.2, 0) is 4.79 Å². The smallest absolute Gasteiger partial charge is 0.247 e. The molecule has 2 aromatic carbocycles. The van der Waals surface area contributed by atoms with Gasteiger partial charge in [0.05, 0.1) is 25.9 Å². The standard InChI is InChI=1S/C26H31NO4/c1-30-20-12-13-21(23(18-20)31-2)25-22-10-6-7-15-26(22,29)16-17-27(25)24(28)14-11-19-8-4-3-5-9-19/h3-5,8-9,11-14,18,22,25,29H,6-7,10,15-17H2,1-2H3/t22?,25-,26?/m0/s1. The molecule has 31 heavy (non-hydrogen) atoms. The number of amides is 1. The normalized spacial score (nSPS) is 25.8. The summed E-state index contributed by atoms with van der Waals surface area (Å²) in [6, 6.07) is 15.3. The van der Waals surface area contributed by atoms with Crippen molar-refractivity contribution in [3.8, 4) is 11.5 Å². The molecule has 1 aliphatic carbocycles. The summed E-state index contributed by atoms with van der Waals surface area (Å²) in [5.74, 6) is 1.33. The van der Waals surface area contributed by atoms with Gasteiger partial charge in [0.15, 0.2) is 0 Å². The third kappa shape index (κ3) is 4.33. The second-order valence-corrected chi connectivity index (χ2v) is 8.53. The van der Waals surface area contributed by atoms with Gasteiger partial charge in [-0.05, 0) is 43.0 Å². The minimum atomic E-state index is -0.742. The molecule has 1 saturated carbocycles. The third-order valence-electron chi connectivity index (χ3n) is 6.83. The molecular weight excluding hydrogens is 390 g/mol. The van der Waals surface area contributed by atoms with Gasteiger partial charge in [0.25, 0.3) is 0 Å². The fourth-order valence-corrected chi connectivity index (χ4v) is 5.20. The molecule has 0 aromatic heterocycles. The van der Waals surface area contributed by atoms with Gasteiger partial charge in [0.1, 0.15) is 11.5 Å². The largest absolute Gasteiger partial charge is 0.497 e. The van der Waals surface area contributed by atoms with E-state index in [0.717, 1.165) is 36.8 Å². The lowest BCUT2D eigenvalue weighted by atomic mass is 9.66. The van der Waals surface area contributed by atoms with Crippen molar-refractivity contribution in [2.75, 3.05) is 20.8 Å². The van der Waals surface area contributed by atoms with Gasteiger partial charge in [0.2, 0.25) is 5.91 Å². The summed E-state index contributed by atoms with van der Waals surface area (Å²) in [4.78, 5) is 15.3. The van der Waals surface area contributed by atoms with Crippen molar-refractivity contribution in [1.82, 2.24) is 4.90 Å². The molecule has 4 rings (SSSR count). The SMILES string of the molecule is COc1ccc([C@H]2C3CCCCC3(O)CCN2C(=O)C=Cc2ccccc2)c(OC)c1. The van der Waals surface area contributed by atoms with Crippen molar-refractivity contribution in [3.05, 3.63) is 65.7 Å². The van der Waals surface area contributed by atoms with Gasteiger partial charge >= 0.3 is 0 Å². The highest BCUT2D eigenvalue weighted by Gasteiger charge is 2.50. The first-order valence-corrected chi connectivity index (χ1v) is 11.0. The van der Waals surface area contributed by atoms with Crippen molar-refractivity contribution in [1.29, 1.82) is 0 Å². The van der Waals surface area contributed by atoms with Crippen molar-refractivity contribution in [2.24, 2.45) is 5.92 Å². The number of rotatable bonds is 5. The first-order valence-electron chi connectivity index (χ1n) is 11.0. The molecule has 5 heteroatoms. The molecule has 5 nitrogen and oxygen atoms in total. The maximum atomic E-state index is 13.3. The number of carbonyl (C=O) groups is 1. The van der Waals surface area contributed by atoms with Crippen LogP contribution in [-0.4, -0.2) is 42.3 Å². The van der Waals surface area contributed by atoms with Gasteiger partial charge in [-0.3, -0.25) is 4.79 Å². The lowest BCUT2D eigenvalue weighted by Crippen LogP contribution is -2.56. The summed E-state index contributed by atoms with van der Waals surface area (Å²) in [6.07, 6.45) is 7.87. The Morgan fingerprint density at radius 1 is 1.10 bits per heavy atom. The number of likely N-dealkylation sites (tertiary alicyclic amines) is 1. The Hall–Kier alpha value is -2.79. The molecule has 1 aliphatic heterocycles. The monoisotopic (exact) mass is 421 g/mol. The van der Waals surface area contributed by atoms with E-state index >= 15 is 0 Å². The Morgan fingerprint density at radius 3 is 2.65 bits per heavy atom. The van der Waals surface area contributed by atoms with Crippen LogP contribution in [0.5, 0.6) is 11.5 Å². The van der Waals surface area contributed by atoms with Crippen molar-refractivity contribution < 1.29 is 19.4 Å². The predicted molar refractivity (Wildman–Crippen MR) is 121 cm³/mol. The van der Waals surface area contributed by atoms with Crippen LogP contribution in [0.2, 0.25) is 0 Å². The highest BCUT2D eigenvalue weighted by Crippen LogP contribution is 2.51. The zero-order chi connectivity index (χ0) is 21.8. The molecule has 0 radical (unpaired) electrons. The molecule has 0 spiro atoms. The van der Waals surface area contributed by atoms with Gasteiger partial charge < -0.3 is 19.5 Å². The summed E-state index contributed by atoms with van der Waals surface area (Å²) in [6.45, 7) is 0.519. The quantitative estimate of drug-likeness (QED) is 0.716. The lowest BCUT2D eigenvalue weighted by Gasteiger charge is -2.52. The Labute approximate surface area is 184 Å². The van der Waals surface area contributed by atoms with E-state index in [0.29, 0.717) is 24.5 Å². The van der Waals surface area contributed by atoms with Gasteiger partial charge in [-0.1, -0.05) is 43.2 Å².